The van der Waals surface area contributed by atoms with Crippen LogP contribution in [0.15, 0.2) is 12.8 Å². The van der Waals surface area contributed by atoms with Crippen LogP contribution >= 0.6 is 0 Å². The molecular weight excluding hydrogens is 90.1 g/mol. The SMILES string of the molecule is C#CN([C]=O)C=C. The molecule has 0 aromatic rings. The van der Waals surface area contributed by atoms with Crippen LogP contribution in [0.25, 0.3) is 0 Å². The van der Waals surface area contributed by atoms with Gasteiger partial charge < -0.3 is 0 Å². The van der Waals surface area contributed by atoms with Crippen LogP contribution in [0.4, 0.5) is 0 Å². The first-order valence-electron chi connectivity index (χ1n) is 1.61. The lowest BCUT2D eigenvalue weighted by Gasteiger charge is -1.92. The van der Waals surface area contributed by atoms with Crippen molar-refractivity contribution >= 4 is 6.41 Å². The third-order valence-electron chi connectivity index (χ3n) is 0.420. The Balaban J connectivity index is 3.65. The molecule has 0 saturated heterocycles. The molecule has 0 aliphatic rings. The number of terminal acetylenes is 1. The van der Waals surface area contributed by atoms with E-state index in [0.29, 0.717) is 0 Å². The molecule has 0 aromatic heterocycles. The number of nitrogens with zero attached hydrogens (tertiary/aromatic N) is 1. The lowest BCUT2D eigenvalue weighted by Crippen LogP contribution is -2.03. The third kappa shape index (κ3) is 1.61. The first-order chi connectivity index (χ1) is 3.35. The zero-order valence-electron chi connectivity index (χ0n) is 3.72. The Kier molecular flexibility index (Phi) is 2.46. The van der Waals surface area contributed by atoms with Crippen LogP contribution in [0, 0.1) is 12.5 Å². The van der Waals surface area contributed by atoms with Crippen LogP contribution in [-0.2, 0) is 4.79 Å². The second kappa shape index (κ2) is 2.98. The topological polar surface area (TPSA) is 20.3 Å². The summed E-state index contributed by atoms with van der Waals surface area (Å²) in [6.07, 6.45) is 7.37. The number of rotatable bonds is 2. The van der Waals surface area contributed by atoms with Crippen molar-refractivity contribution in [1.29, 1.82) is 0 Å². The van der Waals surface area contributed by atoms with Crippen LogP contribution in [0.5, 0.6) is 0 Å². The minimum Gasteiger partial charge on any atom is -0.262 e. The summed E-state index contributed by atoms with van der Waals surface area (Å²) in [7, 11) is 0. The zero-order chi connectivity index (χ0) is 5.70. The van der Waals surface area contributed by atoms with E-state index in [2.05, 4.69) is 6.58 Å². The molecule has 1 amide bonds. The molecular formula is C5H4NO. The second-order valence-corrected chi connectivity index (χ2v) is 0.773. The van der Waals surface area contributed by atoms with Gasteiger partial charge in [0, 0.05) is 12.2 Å². The highest BCUT2D eigenvalue weighted by Crippen LogP contribution is 1.72. The largest absolute Gasteiger partial charge is 0.329 e. The molecule has 0 spiro atoms. The predicted octanol–water partition coefficient (Wildman–Crippen LogP) is 0.0898. The summed E-state index contributed by atoms with van der Waals surface area (Å²) in [6, 6.07) is 1.99. The summed E-state index contributed by atoms with van der Waals surface area (Å²) < 4.78 is 0. The fraction of sp³-hybridized carbons (Fsp3) is 0. The van der Waals surface area contributed by atoms with Gasteiger partial charge >= 0.3 is 6.41 Å². The van der Waals surface area contributed by atoms with Gasteiger partial charge in [0.2, 0.25) is 0 Å². The van der Waals surface area contributed by atoms with Gasteiger partial charge in [-0.15, -0.1) is 0 Å². The van der Waals surface area contributed by atoms with Gasteiger partial charge in [0.25, 0.3) is 0 Å². The Hall–Kier alpha value is -1.23. The van der Waals surface area contributed by atoms with Crippen LogP contribution in [-0.4, -0.2) is 11.3 Å². The van der Waals surface area contributed by atoms with E-state index in [0.717, 1.165) is 4.90 Å². The fourth-order valence-corrected chi connectivity index (χ4v) is 0.116. The molecule has 35 valence electrons. The van der Waals surface area contributed by atoms with Crippen LogP contribution in [0.3, 0.4) is 0 Å². The quantitative estimate of drug-likeness (QED) is 0.351. The summed E-state index contributed by atoms with van der Waals surface area (Å²) in [4.78, 5) is 10.4. The average molecular weight is 94.1 g/mol. The smallest absolute Gasteiger partial charge is 0.262 e. The van der Waals surface area contributed by atoms with Crippen molar-refractivity contribution in [1.82, 2.24) is 4.90 Å². The van der Waals surface area contributed by atoms with Crippen molar-refractivity contribution in [2.45, 2.75) is 0 Å². The molecule has 0 N–H and O–H groups in total. The van der Waals surface area contributed by atoms with E-state index >= 15 is 0 Å². The summed E-state index contributed by atoms with van der Waals surface area (Å²) in [6.45, 7) is 3.22. The van der Waals surface area contributed by atoms with Gasteiger partial charge in [0.1, 0.15) is 0 Å². The Morgan fingerprint density at radius 3 is 2.43 bits per heavy atom. The lowest BCUT2D eigenvalue weighted by molar-refractivity contribution is 0.519. The van der Waals surface area contributed by atoms with Crippen LogP contribution < -0.4 is 0 Å². The molecule has 1 radical (unpaired) electrons. The molecule has 0 aliphatic heterocycles. The Bertz CT molecular complexity index is 104. The number of amides is 1. The van der Waals surface area contributed by atoms with E-state index in [9.17, 15) is 4.79 Å². The second-order valence-electron chi connectivity index (χ2n) is 0.773. The Morgan fingerprint density at radius 1 is 1.86 bits per heavy atom. The molecule has 7 heavy (non-hydrogen) atoms. The molecule has 2 heteroatoms. The highest BCUT2D eigenvalue weighted by molar-refractivity contribution is 5.53. The highest BCUT2D eigenvalue weighted by Gasteiger charge is 1.82. The molecule has 0 saturated carbocycles. The molecule has 0 rings (SSSR count). The summed E-state index contributed by atoms with van der Waals surface area (Å²) in [5.74, 6) is 0. The monoisotopic (exact) mass is 94.0 g/mol. The van der Waals surface area contributed by atoms with E-state index in [1.54, 1.807) is 0 Å². The molecule has 0 heterocycles. The Labute approximate surface area is 42.4 Å². The number of hydrogen-bond donors (Lipinski definition) is 0. The van der Waals surface area contributed by atoms with E-state index in [1.165, 1.54) is 12.6 Å². The molecule has 2 nitrogen and oxygen atoms in total. The third-order valence-corrected chi connectivity index (χ3v) is 0.420. The van der Waals surface area contributed by atoms with E-state index in [4.69, 9.17) is 6.42 Å². The summed E-state index contributed by atoms with van der Waals surface area (Å²) in [5, 5.41) is 0. The molecule has 0 aromatic carbocycles. The first kappa shape index (κ1) is 5.77. The lowest BCUT2D eigenvalue weighted by atomic mass is 10.8. The van der Waals surface area contributed by atoms with Crippen molar-refractivity contribution in [3.63, 3.8) is 0 Å². The molecule has 0 atom stereocenters. The van der Waals surface area contributed by atoms with Crippen LogP contribution in [0.1, 0.15) is 0 Å². The molecule has 0 unspecified atom stereocenters. The Morgan fingerprint density at radius 2 is 2.43 bits per heavy atom. The maximum Gasteiger partial charge on any atom is 0.329 e. The van der Waals surface area contributed by atoms with Gasteiger partial charge in [-0.1, -0.05) is 13.0 Å². The maximum absolute atomic E-state index is 9.55. The van der Waals surface area contributed by atoms with Crippen molar-refractivity contribution in [2.75, 3.05) is 0 Å². The molecule has 0 fully saturated rings. The predicted molar refractivity (Wildman–Crippen MR) is 26.6 cm³/mol. The maximum atomic E-state index is 9.55. The van der Waals surface area contributed by atoms with Gasteiger partial charge in [-0.25, -0.2) is 4.90 Å². The molecule has 0 aliphatic carbocycles. The summed E-state index contributed by atoms with van der Waals surface area (Å²) >= 11 is 0. The van der Waals surface area contributed by atoms with E-state index in [-0.39, 0.29) is 0 Å². The average Bonchev–Trinajstić information content (AvgIpc) is 1.72. The van der Waals surface area contributed by atoms with Gasteiger partial charge in [-0.05, 0) is 0 Å². The van der Waals surface area contributed by atoms with Crippen molar-refractivity contribution in [2.24, 2.45) is 0 Å². The van der Waals surface area contributed by atoms with Crippen molar-refractivity contribution in [3.05, 3.63) is 12.8 Å². The van der Waals surface area contributed by atoms with E-state index < -0.39 is 0 Å². The van der Waals surface area contributed by atoms with Crippen molar-refractivity contribution < 1.29 is 4.79 Å². The van der Waals surface area contributed by atoms with Crippen LogP contribution in [0.2, 0.25) is 0 Å². The number of carbonyl (C=O) groups excluding carboxylic acids is 1. The van der Waals surface area contributed by atoms with Crippen molar-refractivity contribution in [3.8, 4) is 12.5 Å². The first-order valence-corrected chi connectivity index (χ1v) is 1.61. The van der Waals surface area contributed by atoms with Gasteiger partial charge in [-0.3, -0.25) is 4.79 Å². The van der Waals surface area contributed by atoms with Gasteiger partial charge in [0.05, 0.1) is 0 Å². The normalized spacial score (nSPS) is 6.14. The molecule has 0 bridgehead atoms. The minimum absolute atomic E-state index is 0.861. The standard InChI is InChI=1S/C5H4NO/c1-3-6(4-2)5-7/h1,4H,2H2. The minimum atomic E-state index is 0.861. The number of hydrogen-bond acceptors (Lipinski definition) is 1. The zero-order valence-corrected chi connectivity index (χ0v) is 3.72. The highest BCUT2D eigenvalue weighted by atomic mass is 16.1. The van der Waals surface area contributed by atoms with E-state index in [1.807, 2.05) is 6.04 Å². The summed E-state index contributed by atoms with van der Waals surface area (Å²) in [5.41, 5.74) is 0. The van der Waals surface area contributed by atoms with Gasteiger partial charge in [0.15, 0.2) is 0 Å². The fourth-order valence-electron chi connectivity index (χ4n) is 0.116. The van der Waals surface area contributed by atoms with Gasteiger partial charge in [-0.2, -0.15) is 0 Å².